The largest absolute Gasteiger partial charge is 0.466 e. The zero-order valence-electron chi connectivity index (χ0n) is 13.7. The highest BCUT2D eigenvalue weighted by molar-refractivity contribution is 5.70. The second kappa shape index (κ2) is 9.11. The molecule has 0 aliphatic rings. The van der Waals surface area contributed by atoms with Gasteiger partial charge in [0.2, 0.25) is 0 Å². The van der Waals surface area contributed by atoms with Gasteiger partial charge in [0.05, 0.1) is 13.0 Å². The Morgan fingerprint density at radius 2 is 1.78 bits per heavy atom. The van der Waals surface area contributed by atoms with Crippen LogP contribution in [0.2, 0.25) is 0 Å². The molecule has 0 aliphatic carbocycles. The van der Waals surface area contributed by atoms with Gasteiger partial charge in [0.1, 0.15) is 0 Å². The van der Waals surface area contributed by atoms with Crippen molar-refractivity contribution in [3.63, 3.8) is 0 Å². The Kier molecular flexibility index (Phi) is 6.82. The van der Waals surface area contributed by atoms with Gasteiger partial charge in [0.15, 0.2) is 0 Å². The summed E-state index contributed by atoms with van der Waals surface area (Å²) in [4.78, 5) is 11.4. The second-order valence-electron chi connectivity index (χ2n) is 5.68. The molecule has 0 spiro atoms. The van der Waals surface area contributed by atoms with E-state index in [9.17, 15) is 4.79 Å². The lowest BCUT2D eigenvalue weighted by Crippen LogP contribution is -2.25. The Hall–Kier alpha value is -2.13. The molecule has 2 rings (SSSR count). The first kappa shape index (κ1) is 17.2. The van der Waals surface area contributed by atoms with Crippen molar-refractivity contribution in [3.8, 4) is 11.1 Å². The molecule has 3 nitrogen and oxygen atoms in total. The van der Waals surface area contributed by atoms with Gasteiger partial charge in [0.25, 0.3) is 0 Å². The topological polar surface area (TPSA) is 52.3 Å². The zero-order valence-corrected chi connectivity index (χ0v) is 13.7. The molecule has 0 saturated heterocycles. The number of carbonyl (C=O) groups excluding carboxylic acids is 1. The van der Waals surface area contributed by atoms with Crippen LogP contribution in [0.4, 0.5) is 0 Å². The van der Waals surface area contributed by atoms with Crippen molar-refractivity contribution in [2.75, 3.05) is 6.61 Å². The Labute approximate surface area is 138 Å². The predicted molar refractivity (Wildman–Crippen MR) is 94.0 cm³/mol. The molecule has 0 saturated carbocycles. The average molecular weight is 311 g/mol. The van der Waals surface area contributed by atoms with E-state index in [-0.39, 0.29) is 12.0 Å². The lowest BCUT2D eigenvalue weighted by Gasteiger charge is -2.13. The minimum Gasteiger partial charge on any atom is -0.466 e. The maximum absolute atomic E-state index is 11.4. The van der Waals surface area contributed by atoms with E-state index < -0.39 is 0 Å². The highest BCUT2D eigenvalue weighted by Gasteiger charge is 2.11. The molecule has 23 heavy (non-hydrogen) atoms. The van der Waals surface area contributed by atoms with Crippen LogP contribution in [-0.4, -0.2) is 18.6 Å². The average Bonchev–Trinajstić information content (AvgIpc) is 2.56. The molecule has 0 unspecified atom stereocenters. The number of nitrogens with two attached hydrogens (primary N) is 1. The Bertz CT molecular complexity index is 610. The van der Waals surface area contributed by atoms with Crippen molar-refractivity contribution in [1.82, 2.24) is 0 Å². The van der Waals surface area contributed by atoms with E-state index in [2.05, 4.69) is 48.5 Å². The first-order valence-corrected chi connectivity index (χ1v) is 8.25. The van der Waals surface area contributed by atoms with Crippen LogP contribution in [0.5, 0.6) is 0 Å². The third kappa shape index (κ3) is 5.53. The number of esters is 1. The van der Waals surface area contributed by atoms with Gasteiger partial charge in [-0.15, -0.1) is 0 Å². The summed E-state index contributed by atoms with van der Waals surface area (Å²) in [5.74, 6) is -0.204. The van der Waals surface area contributed by atoms with Crippen molar-refractivity contribution in [3.05, 3.63) is 60.2 Å². The molecule has 2 aromatic rings. The predicted octanol–water partition coefficient (Wildman–Crippen LogP) is 3.96. The van der Waals surface area contributed by atoms with Crippen molar-refractivity contribution in [2.24, 2.45) is 5.73 Å². The number of carbonyl (C=O) groups is 1. The summed E-state index contributed by atoms with van der Waals surface area (Å²) in [6.07, 6.45) is 3.04. The molecule has 0 aliphatic heterocycles. The van der Waals surface area contributed by atoms with Crippen LogP contribution >= 0.6 is 0 Å². The third-order valence-corrected chi connectivity index (χ3v) is 3.86. The van der Waals surface area contributed by atoms with Crippen molar-refractivity contribution in [2.45, 2.75) is 38.6 Å². The molecule has 2 N–H and O–H groups in total. The summed E-state index contributed by atoms with van der Waals surface area (Å²) in [7, 11) is 0. The van der Waals surface area contributed by atoms with Gasteiger partial charge in [-0.2, -0.15) is 0 Å². The molecule has 0 heterocycles. The maximum atomic E-state index is 11.4. The SMILES string of the molecule is CCOC(=O)C[C@@H](N)CCCc1ccccc1-c1ccccc1. The molecule has 0 amide bonds. The number of hydrogen-bond donors (Lipinski definition) is 1. The van der Waals surface area contributed by atoms with Gasteiger partial charge < -0.3 is 10.5 Å². The van der Waals surface area contributed by atoms with Crippen LogP contribution in [0.3, 0.4) is 0 Å². The number of hydrogen-bond acceptors (Lipinski definition) is 3. The lowest BCUT2D eigenvalue weighted by atomic mass is 9.95. The Morgan fingerprint density at radius 1 is 1.09 bits per heavy atom. The van der Waals surface area contributed by atoms with Crippen LogP contribution in [0, 0.1) is 0 Å². The molecule has 122 valence electrons. The van der Waals surface area contributed by atoms with Gasteiger partial charge in [-0.25, -0.2) is 0 Å². The van der Waals surface area contributed by atoms with E-state index in [0.29, 0.717) is 13.0 Å². The molecule has 2 aromatic carbocycles. The second-order valence-corrected chi connectivity index (χ2v) is 5.68. The van der Waals surface area contributed by atoms with Crippen molar-refractivity contribution >= 4 is 5.97 Å². The standard InChI is InChI=1S/C20H25NO2/c1-2-23-20(22)15-18(21)13-8-12-17-11-6-7-14-19(17)16-9-4-3-5-10-16/h3-7,9-11,14,18H,2,8,12-13,15,21H2,1H3/t18-/m0/s1. The molecule has 0 radical (unpaired) electrons. The fourth-order valence-corrected chi connectivity index (χ4v) is 2.73. The maximum Gasteiger partial charge on any atom is 0.307 e. The van der Waals surface area contributed by atoms with Gasteiger partial charge in [-0.05, 0) is 42.9 Å². The fourth-order valence-electron chi connectivity index (χ4n) is 2.73. The van der Waals surface area contributed by atoms with Crippen LogP contribution in [0.15, 0.2) is 54.6 Å². The first-order chi connectivity index (χ1) is 11.2. The zero-order chi connectivity index (χ0) is 16.5. The molecular weight excluding hydrogens is 286 g/mol. The van der Waals surface area contributed by atoms with Crippen LogP contribution in [0.25, 0.3) is 11.1 Å². The van der Waals surface area contributed by atoms with Crippen LogP contribution in [0.1, 0.15) is 31.7 Å². The Balaban J connectivity index is 1.90. The smallest absolute Gasteiger partial charge is 0.307 e. The Morgan fingerprint density at radius 3 is 2.52 bits per heavy atom. The van der Waals surface area contributed by atoms with E-state index in [0.717, 1.165) is 19.3 Å². The quantitative estimate of drug-likeness (QED) is 0.751. The number of rotatable bonds is 8. The summed E-state index contributed by atoms with van der Waals surface area (Å²) < 4.78 is 4.94. The summed E-state index contributed by atoms with van der Waals surface area (Å²) in [5, 5.41) is 0. The van der Waals surface area contributed by atoms with E-state index in [4.69, 9.17) is 10.5 Å². The minimum absolute atomic E-state index is 0.127. The van der Waals surface area contributed by atoms with Gasteiger partial charge in [0, 0.05) is 6.04 Å². The normalized spacial score (nSPS) is 11.9. The number of aryl methyl sites for hydroxylation is 1. The van der Waals surface area contributed by atoms with Crippen molar-refractivity contribution < 1.29 is 9.53 Å². The first-order valence-electron chi connectivity index (χ1n) is 8.25. The van der Waals surface area contributed by atoms with Crippen molar-refractivity contribution in [1.29, 1.82) is 0 Å². The number of benzene rings is 2. The lowest BCUT2D eigenvalue weighted by molar-refractivity contribution is -0.143. The molecule has 3 heteroatoms. The van der Waals surface area contributed by atoms with E-state index in [1.165, 1.54) is 16.7 Å². The summed E-state index contributed by atoms with van der Waals surface area (Å²) in [6.45, 7) is 2.22. The monoisotopic (exact) mass is 311 g/mol. The fraction of sp³-hybridized carbons (Fsp3) is 0.350. The molecular formula is C20H25NO2. The highest BCUT2D eigenvalue weighted by atomic mass is 16.5. The minimum atomic E-state index is -0.204. The molecule has 1 atom stereocenters. The van der Waals surface area contributed by atoms with Gasteiger partial charge in [-0.3, -0.25) is 4.79 Å². The third-order valence-electron chi connectivity index (χ3n) is 3.86. The summed E-state index contributed by atoms with van der Waals surface area (Å²) in [6, 6.07) is 18.7. The van der Waals surface area contributed by atoms with Gasteiger partial charge >= 0.3 is 5.97 Å². The molecule has 0 bridgehead atoms. The summed E-state index contributed by atoms with van der Waals surface area (Å²) >= 11 is 0. The highest BCUT2D eigenvalue weighted by Crippen LogP contribution is 2.24. The van der Waals surface area contributed by atoms with E-state index in [1.807, 2.05) is 13.0 Å². The van der Waals surface area contributed by atoms with Crippen LogP contribution in [-0.2, 0) is 16.0 Å². The van der Waals surface area contributed by atoms with Crippen LogP contribution < -0.4 is 5.73 Å². The van der Waals surface area contributed by atoms with E-state index in [1.54, 1.807) is 0 Å². The summed E-state index contributed by atoms with van der Waals surface area (Å²) in [5.41, 5.74) is 9.84. The molecule has 0 aromatic heterocycles. The number of ether oxygens (including phenoxy) is 1. The molecule has 0 fully saturated rings. The van der Waals surface area contributed by atoms with E-state index >= 15 is 0 Å². The van der Waals surface area contributed by atoms with Gasteiger partial charge in [-0.1, -0.05) is 54.6 Å².